The van der Waals surface area contributed by atoms with E-state index in [0.717, 1.165) is 15.3 Å². The summed E-state index contributed by atoms with van der Waals surface area (Å²) in [6.07, 6.45) is 0.311. The lowest BCUT2D eigenvalue weighted by Crippen LogP contribution is -2.27. The molecule has 0 spiro atoms. The van der Waals surface area contributed by atoms with Crippen LogP contribution in [-0.2, 0) is 4.79 Å². The zero-order valence-electron chi connectivity index (χ0n) is 10.6. The van der Waals surface area contributed by atoms with Crippen molar-refractivity contribution in [3.63, 3.8) is 0 Å². The Balaban J connectivity index is 2.31. The molecule has 1 saturated heterocycles. The van der Waals surface area contributed by atoms with E-state index >= 15 is 0 Å². The number of aromatic amines is 1. The minimum absolute atomic E-state index is 0.0374. The van der Waals surface area contributed by atoms with E-state index in [1.165, 1.54) is 4.57 Å². The predicted molar refractivity (Wildman–Crippen MR) is 77.4 cm³/mol. The average molecular weight is 295 g/mol. The van der Waals surface area contributed by atoms with Crippen molar-refractivity contribution < 1.29 is 4.79 Å². The zero-order valence-corrected chi connectivity index (χ0v) is 12.2. The Hall–Kier alpha value is -1.47. The van der Waals surface area contributed by atoms with Gasteiger partial charge in [-0.1, -0.05) is 0 Å². The van der Waals surface area contributed by atoms with Gasteiger partial charge >= 0.3 is 0 Å². The zero-order chi connectivity index (χ0) is 13.7. The molecule has 1 atom stereocenters. The smallest absolute Gasteiger partial charge is 0.263 e. The fourth-order valence-electron chi connectivity index (χ4n) is 2.45. The van der Waals surface area contributed by atoms with Crippen molar-refractivity contribution in [1.29, 1.82) is 0 Å². The van der Waals surface area contributed by atoms with Crippen LogP contribution < -0.4 is 10.9 Å². The fraction of sp³-hybridized carbons (Fsp3) is 0.417. The summed E-state index contributed by atoms with van der Waals surface area (Å²) in [4.78, 5) is 29.0. The van der Waals surface area contributed by atoms with E-state index in [4.69, 9.17) is 12.2 Å². The number of fused-ring (bicyclic) bond motifs is 1. The molecule has 1 aliphatic heterocycles. The quantitative estimate of drug-likeness (QED) is 0.788. The Morgan fingerprint density at radius 1 is 1.37 bits per heavy atom. The first-order valence-corrected chi connectivity index (χ1v) is 7.22. The van der Waals surface area contributed by atoms with Gasteiger partial charge in [0, 0.05) is 17.8 Å². The number of amides is 1. The van der Waals surface area contributed by atoms with Crippen LogP contribution in [0.2, 0.25) is 0 Å². The molecule has 19 heavy (non-hydrogen) atoms. The highest BCUT2D eigenvalue weighted by Crippen LogP contribution is 2.26. The third-order valence-corrected chi connectivity index (χ3v) is 5.00. The lowest BCUT2D eigenvalue weighted by Gasteiger charge is -2.12. The fourth-order valence-corrected chi connectivity index (χ4v) is 3.90. The minimum atomic E-state index is -0.187. The number of hydrogen-bond donors (Lipinski definition) is 2. The first kappa shape index (κ1) is 12.6. The minimum Gasteiger partial charge on any atom is -0.354 e. The van der Waals surface area contributed by atoms with Crippen LogP contribution in [0.5, 0.6) is 0 Å². The molecule has 7 heteroatoms. The molecule has 2 aromatic heterocycles. The van der Waals surface area contributed by atoms with E-state index in [9.17, 15) is 9.59 Å². The monoisotopic (exact) mass is 295 g/mol. The molecule has 2 aromatic rings. The molecule has 1 aliphatic rings. The SMILES string of the molecule is Cc1sc2[nH]c(=S)n(C3CNC(=O)C3)c(=O)c2c1C. The van der Waals surface area contributed by atoms with Crippen molar-refractivity contribution in [3.8, 4) is 0 Å². The molecule has 0 saturated carbocycles. The van der Waals surface area contributed by atoms with Gasteiger partial charge in [-0.3, -0.25) is 14.2 Å². The third-order valence-electron chi connectivity index (χ3n) is 3.58. The number of aromatic nitrogens is 2. The lowest BCUT2D eigenvalue weighted by molar-refractivity contribution is -0.119. The molecule has 3 heterocycles. The van der Waals surface area contributed by atoms with Crippen molar-refractivity contribution in [2.45, 2.75) is 26.3 Å². The first-order valence-electron chi connectivity index (χ1n) is 6.00. The number of carbonyl (C=O) groups is 1. The van der Waals surface area contributed by atoms with Crippen LogP contribution in [-0.4, -0.2) is 22.0 Å². The van der Waals surface area contributed by atoms with E-state index in [2.05, 4.69) is 10.3 Å². The second-order valence-corrected chi connectivity index (χ2v) is 6.37. The van der Waals surface area contributed by atoms with Crippen LogP contribution in [0, 0.1) is 18.6 Å². The number of H-pyrrole nitrogens is 1. The van der Waals surface area contributed by atoms with Gasteiger partial charge in [0.2, 0.25) is 5.91 Å². The number of rotatable bonds is 1. The van der Waals surface area contributed by atoms with Crippen LogP contribution in [0.3, 0.4) is 0 Å². The van der Waals surface area contributed by atoms with Crippen LogP contribution in [0.1, 0.15) is 22.9 Å². The summed E-state index contributed by atoms with van der Waals surface area (Å²) < 4.78 is 1.93. The van der Waals surface area contributed by atoms with Gasteiger partial charge in [-0.25, -0.2) is 0 Å². The number of nitrogens with one attached hydrogen (secondary N) is 2. The molecular weight excluding hydrogens is 282 g/mol. The standard InChI is InChI=1S/C12H13N3O2S2/c1-5-6(2)19-10-9(5)11(17)15(12(18)14-10)7-3-8(16)13-4-7/h7H,3-4H2,1-2H3,(H,13,16)(H,14,18). The van der Waals surface area contributed by atoms with Gasteiger partial charge in [0.1, 0.15) is 4.83 Å². The second-order valence-electron chi connectivity index (χ2n) is 4.75. The highest BCUT2D eigenvalue weighted by molar-refractivity contribution is 7.71. The average Bonchev–Trinajstić information content (AvgIpc) is 2.85. The van der Waals surface area contributed by atoms with Gasteiger partial charge in [-0.15, -0.1) is 11.3 Å². The molecular formula is C12H13N3O2S2. The number of thiophene rings is 1. The summed E-state index contributed by atoms with van der Waals surface area (Å²) in [6, 6.07) is -0.187. The van der Waals surface area contributed by atoms with Gasteiger partial charge in [0.25, 0.3) is 5.56 Å². The van der Waals surface area contributed by atoms with Crippen LogP contribution >= 0.6 is 23.6 Å². The van der Waals surface area contributed by atoms with Crippen LogP contribution in [0.15, 0.2) is 4.79 Å². The number of nitrogens with zero attached hydrogens (tertiary/aromatic N) is 1. The molecule has 0 radical (unpaired) electrons. The Kier molecular flexibility index (Phi) is 2.83. The van der Waals surface area contributed by atoms with E-state index < -0.39 is 0 Å². The molecule has 2 N–H and O–H groups in total. The first-order chi connectivity index (χ1) is 8.99. The normalized spacial score (nSPS) is 19.1. The topological polar surface area (TPSA) is 66.9 Å². The molecule has 5 nitrogen and oxygen atoms in total. The molecule has 100 valence electrons. The van der Waals surface area contributed by atoms with Gasteiger partial charge in [0.15, 0.2) is 4.77 Å². The van der Waals surface area contributed by atoms with Crippen molar-refractivity contribution in [3.05, 3.63) is 25.6 Å². The maximum atomic E-state index is 12.6. The molecule has 1 fully saturated rings. The number of carbonyl (C=O) groups excluding carboxylic acids is 1. The van der Waals surface area contributed by atoms with E-state index in [0.29, 0.717) is 23.1 Å². The molecule has 0 bridgehead atoms. The Morgan fingerprint density at radius 3 is 2.74 bits per heavy atom. The summed E-state index contributed by atoms with van der Waals surface area (Å²) in [6.45, 7) is 4.39. The number of aryl methyl sites for hydroxylation is 2. The van der Waals surface area contributed by atoms with Crippen LogP contribution in [0.4, 0.5) is 0 Å². The molecule has 1 amide bonds. The Bertz CT molecular complexity index is 800. The molecule has 1 unspecified atom stereocenters. The Morgan fingerprint density at radius 2 is 2.11 bits per heavy atom. The summed E-state index contributed by atoms with van der Waals surface area (Å²) in [5.41, 5.74) is 0.893. The predicted octanol–water partition coefficient (Wildman–Crippen LogP) is 1.80. The van der Waals surface area contributed by atoms with E-state index in [1.807, 2.05) is 13.8 Å². The van der Waals surface area contributed by atoms with Gasteiger partial charge in [-0.05, 0) is 31.6 Å². The highest BCUT2D eigenvalue weighted by atomic mass is 32.1. The van der Waals surface area contributed by atoms with Crippen molar-refractivity contribution in [2.24, 2.45) is 0 Å². The molecule has 3 rings (SSSR count). The van der Waals surface area contributed by atoms with E-state index in [1.54, 1.807) is 11.3 Å². The molecule has 0 aliphatic carbocycles. The largest absolute Gasteiger partial charge is 0.354 e. The lowest BCUT2D eigenvalue weighted by atomic mass is 10.2. The Labute approximate surface area is 118 Å². The number of hydrogen-bond acceptors (Lipinski definition) is 4. The van der Waals surface area contributed by atoms with Crippen molar-refractivity contribution >= 4 is 39.7 Å². The second kappa shape index (κ2) is 4.28. The molecule has 0 aromatic carbocycles. The maximum absolute atomic E-state index is 12.6. The van der Waals surface area contributed by atoms with Gasteiger partial charge in [0.05, 0.1) is 11.4 Å². The summed E-state index contributed by atoms with van der Waals surface area (Å²) in [5, 5.41) is 3.42. The summed E-state index contributed by atoms with van der Waals surface area (Å²) in [7, 11) is 0. The maximum Gasteiger partial charge on any atom is 0.263 e. The summed E-state index contributed by atoms with van der Waals surface area (Å²) in [5.74, 6) is -0.0374. The van der Waals surface area contributed by atoms with Gasteiger partial charge in [-0.2, -0.15) is 0 Å². The highest BCUT2D eigenvalue weighted by Gasteiger charge is 2.26. The van der Waals surface area contributed by atoms with Crippen LogP contribution in [0.25, 0.3) is 10.2 Å². The van der Waals surface area contributed by atoms with Gasteiger partial charge < -0.3 is 10.3 Å². The van der Waals surface area contributed by atoms with Crippen molar-refractivity contribution in [2.75, 3.05) is 6.54 Å². The third kappa shape index (κ3) is 1.84. The van der Waals surface area contributed by atoms with E-state index in [-0.39, 0.29) is 17.5 Å². The van der Waals surface area contributed by atoms with Crippen molar-refractivity contribution in [1.82, 2.24) is 14.9 Å². The summed E-state index contributed by atoms with van der Waals surface area (Å²) >= 11 is 6.81.